The van der Waals surface area contributed by atoms with Crippen molar-refractivity contribution in [3.05, 3.63) is 199 Å². The van der Waals surface area contributed by atoms with Gasteiger partial charge in [0, 0.05) is 40.1 Å². The van der Waals surface area contributed by atoms with Gasteiger partial charge in [-0.1, -0.05) is 135 Å². The number of nitrogens with zero attached hydrogens (tertiary/aromatic N) is 3. The van der Waals surface area contributed by atoms with Crippen LogP contribution in [0.25, 0.3) is 89.2 Å². The zero-order valence-electron chi connectivity index (χ0n) is 30.7. The van der Waals surface area contributed by atoms with Crippen molar-refractivity contribution < 1.29 is 0 Å². The van der Waals surface area contributed by atoms with Crippen LogP contribution in [0.2, 0.25) is 0 Å². The highest BCUT2D eigenvalue weighted by atomic mass is 14.9. The summed E-state index contributed by atoms with van der Waals surface area (Å²) < 4.78 is 0. The van der Waals surface area contributed by atoms with Gasteiger partial charge in [0.05, 0.1) is 11.4 Å². The predicted molar refractivity (Wildman–Crippen MR) is 228 cm³/mol. The first kappa shape index (κ1) is 32.7. The molecule has 0 unspecified atom stereocenters. The fourth-order valence-corrected chi connectivity index (χ4v) is 8.19. The van der Waals surface area contributed by atoms with Gasteiger partial charge >= 0.3 is 0 Å². The normalized spacial score (nSPS) is 12.7. The number of hydrogen-bond donors (Lipinski definition) is 0. The molecule has 10 rings (SSSR count). The largest absolute Gasteiger partial charge is 0.264 e. The van der Waals surface area contributed by atoms with Crippen LogP contribution in [0.4, 0.5) is 0 Å². The Hall–Kier alpha value is -6.97. The molecule has 0 atom stereocenters. The van der Waals surface area contributed by atoms with Crippen LogP contribution in [0.3, 0.4) is 0 Å². The van der Waals surface area contributed by atoms with Crippen molar-refractivity contribution >= 4 is 10.8 Å². The summed E-state index contributed by atoms with van der Waals surface area (Å²) in [6, 6.07) is 62.9. The van der Waals surface area contributed by atoms with Crippen LogP contribution in [-0.4, -0.2) is 15.0 Å². The van der Waals surface area contributed by atoms with Crippen molar-refractivity contribution in [3.63, 3.8) is 0 Å². The Labute approximate surface area is 321 Å². The Morgan fingerprint density at radius 1 is 0.364 bits per heavy atom. The Morgan fingerprint density at radius 3 is 1.55 bits per heavy atom. The molecule has 1 aliphatic carbocycles. The summed E-state index contributed by atoms with van der Waals surface area (Å²) in [6.07, 6.45) is 3.73. The first-order valence-corrected chi connectivity index (χ1v) is 18.8. The van der Waals surface area contributed by atoms with Crippen LogP contribution < -0.4 is 0 Å². The molecule has 7 aromatic carbocycles. The average molecular weight is 704 g/mol. The monoisotopic (exact) mass is 703 g/mol. The second-order valence-corrected chi connectivity index (χ2v) is 14.9. The van der Waals surface area contributed by atoms with Gasteiger partial charge in [0.1, 0.15) is 0 Å². The summed E-state index contributed by atoms with van der Waals surface area (Å²) in [7, 11) is 0. The molecule has 3 nitrogen and oxygen atoms in total. The third-order valence-corrected chi connectivity index (χ3v) is 11.1. The molecule has 0 bridgehead atoms. The lowest BCUT2D eigenvalue weighted by Gasteiger charge is -2.22. The van der Waals surface area contributed by atoms with Crippen LogP contribution in [0.1, 0.15) is 25.0 Å². The Balaban J connectivity index is 1.17. The fourth-order valence-electron chi connectivity index (χ4n) is 8.19. The number of hydrogen-bond acceptors (Lipinski definition) is 3. The van der Waals surface area contributed by atoms with Crippen LogP contribution >= 0.6 is 0 Å². The molecule has 0 fully saturated rings. The van der Waals surface area contributed by atoms with Gasteiger partial charge < -0.3 is 0 Å². The SMILES string of the molecule is CC1(C)c2cc(-c3cc(-c4cccc(-c5cccnc5)c4)cc(-c4nc(-c5ccccc5)cc(-c5ccccc5)n4)c3)ccc2-c2cc3ccccc3cc21. The van der Waals surface area contributed by atoms with Crippen molar-refractivity contribution in [1.82, 2.24) is 15.0 Å². The topological polar surface area (TPSA) is 38.7 Å². The van der Waals surface area contributed by atoms with Crippen LogP contribution in [0.5, 0.6) is 0 Å². The summed E-state index contributed by atoms with van der Waals surface area (Å²) in [4.78, 5) is 14.9. The highest BCUT2D eigenvalue weighted by molar-refractivity contribution is 5.94. The minimum Gasteiger partial charge on any atom is -0.264 e. The quantitative estimate of drug-likeness (QED) is 0.173. The second kappa shape index (κ2) is 13.2. The highest BCUT2D eigenvalue weighted by Gasteiger charge is 2.36. The Kier molecular flexibility index (Phi) is 7.81. The molecule has 2 heterocycles. The first-order valence-electron chi connectivity index (χ1n) is 18.8. The molecule has 0 saturated heterocycles. The third-order valence-electron chi connectivity index (χ3n) is 11.1. The molecule has 0 radical (unpaired) electrons. The summed E-state index contributed by atoms with van der Waals surface area (Å²) in [6.45, 7) is 4.71. The number of pyridine rings is 1. The van der Waals surface area contributed by atoms with E-state index in [1.165, 1.54) is 33.0 Å². The molecule has 2 aromatic heterocycles. The molecule has 9 aromatic rings. The molecule has 260 valence electrons. The van der Waals surface area contributed by atoms with Crippen LogP contribution in [0, 0.1) is 0 Å². The maximum absolute atomic E-state index is 5.25. The van der Waals surface area contributed by atoms with Crippen LogP contribution in [0.15, 0.2) is 188 Å². The standard InChI is InChI=1S/C52H37N3/c1-52(2)47-31-40(22-23-45(47)46-29-38-17-9-10-18-39(38)30-48(46)52)43-26-42(37-20-11-19-36(25-37)41-21-12-24-53-33-41)27-44(28-43)51-54-49(34-13-5-3-6-14-34)32-50(55-51)35-15-7-4-8-16-35/h3-33H,1-2H3. The number of fused-ring (bicyclic) bond motifs is 4. The second-order valence-electron chi connectivity index (χ2n) is 14.9. The van der Waals surface area contributed by atoms with Gasteiger partial charge in [-0.25, -0.2) is 9.97 Å². The Bertz CT molecular complexity index is 2820. The van der Waals surface area contributed by atoms with E-state index in [0.717, 1.165) is 61.5 Å². The minimum atomic E-state index is -0.152. The van der Waals surface area contributed by atoms with Gasteiger partial charge in [-0.15, -0.1) is 0 Å². The summed E-state index contributed by atoms with van der Waals surface area (Å²) in [5, 5.41) is 2.55. The predicted octanol–water partition coefficient (Wildman–Crippen LogP) is 13.3. The molecule has 0 spiro atoms. The smallest absolute Gasteiger partial charge is 0.160 e. The highest BCUT2D eigenvalue weighted by Crippen LogP contribution is 2.51. The maximum atomic E-state index is 5.25. The van der Waals surface area contributed by atoms with Gasteiger partial charge in [0.25, 0.3) is 0 Å². The van der Waals surface area contributed by atoms with E-state index in [1.807, 2.05) is 30.6 Å². The van der Waals surface area contributed by atoms with Crippen molar-refractivity contribution in [2.45, 2.75) is 19.3 Å². The van der Waals surface area contributed by atoms with E-state index < -0.39 is 0 Å². The van der Waals surface area contributed by atoms with Gasteiger partial charge in [0.15, 0.2) is 5.82 Å². The number of rotatable bonds is 6. The van der Waals surface area contributed by atoms with Crippen molar-refractivity contribution in [2.75, 3.05) is 0 Å². The van der Waals surface area contributed by atoms with E-state index in [1.54, 1.807) is 0 Å². The van der Waals surface area contributed by atoms with Crippen LogP contribution in [-0.2, 0) is 5.41 Å². The average Bonchev–Trinajstić information content (AvgIpc) is 3.47. The van der Waals surface area contributed by atoms with Crippen molar-refractivity contribution in [2.24, 2.45) is 0 Å². The van der Waals surface area contributed by atoms with E-state index in [0.29, 0.717) is 5.82 Å². The lowest BCUT2D eigenvalue weighted by Crippen LogP contribution is -2.15. The Morgan fingerprint density at radius 2 is 0.891 bits per heavy atom. The maximum Gasteiger partial charge on any atom is 0.160 e. The molecule has 0 amide bonds. The van der Waals surface area contributed by atoms with Gasteiger partial charge in [-0.05, 0) is 115 Å². The van der Waals surface area contributed by atoms with Crippen molar-refractivity contribution in [1.29, 1.82) is 0 Å². The summed E-state index contributed by atoms with van der Waals surface area (Å²) >= 11 is 0. The van der Waals surface area contributed by atoms with Gasteiger partial charge in [-0.2, -0.15) is 0 Å². The van der Waals surface area contributed by atoms with E-state index in [2.05, 4.69) is 177 Å². The van der Waals surface area contributed by atoms with E-state index in [-0.39, 0.29) is 5.41 Å². The minimum absolute atomic E-state index is 0.152. The first-order chi connectivity index (χ1) is 27.0. The number of aromatic nitrogens is 3. The number of benzene rings is 7. The molecule has 55 heavy (non-hydrogen) atoms. The third kappa shape index (κ3) is 5.91. The van der Waals surface area contributed by atoms with Gasteiger partial charge in [0.2, 0.25) is 0 Å². The van der Waals surface area contributed by atoms with E-state index in [4.69, 9.17) is 9.97 Å². The summed E-state index contributed by atoms with van der Waals surface area (Å²) in [5.41, 5.74) is 16.7. The van der Waals surface area contributed by atoms with E-state index >= 15 is 0 Å². The summed E-state index contributed by atoms with van der Waals surface area (Å²) in [5.74, 6) is 0.687. The molecule has 0 saturated carbocycles. The lowest BCUT2D eigenvalue weighted by molar-refractivity contribution is 0.661. The zero-order chi connectivity index (χ0) is 36.9. The molecular weight excluding hydrogens is 667 g/mol. The van der Waals surface area contributed by atoms with Gasteiger partial charge in [-0.3, -0.25) is 4.98 Å². The fraction of sp³-hybridized carbons (Fsp3) is 0.0577. The van der Waals surface area contributed by atoms with E-state index in [9.17, 15) is 0 Å². The molecule has 1 aliphatic rings. The lowest BCUT2D eigenvalue weighted by atomic mass is 9.81. The molecule has 3 heteroatoms. The molecular formula is C52H37N3. The van der Waals surface area contributed by atoms with Crippen molar-refractivity contribution in [3.8, 4) is 78.4 Å². The molecule has 0 N–H and O–H groups in total. The zero-order valence-corrected chi connectivity index (χ0v) is 30.7. The molecule has 0 aliphatic heterocycles.